The number of rotatable bonds is 5. The molecule has 0 aromatic carbocycles. The van der Waals surface area contributed by atoms with E-state index in [0.717, 1.165) is 12.8 Å². The topological polar surface area (TPSA) is 17.1 Å². The SMILES string of the molecule is C=C(C)C(CC)CC(C)C(C)=O. The van der Waals surface area contributed by atoms with Gasteiger partial charge in [0.1, 0.15) is 5.78 Å². The Morgan fingerprint density at radius 3 is 2.17 bits per heavy atom. The first-order valence-corrected chi connectivity index (χ1v) is 4.64. The molecule has 0 radical (unpaired) electrons. The third-order valence-electron chi connectivity index (χ3n) is 2.52. The van der Waals surface area contributed by atoms with Gasteiger partial charge in [0.2, 0.25) is 0 Å². The van der Waals surface area contributed by atoms with Gasteiger partial charge in [-0.2, -0.15) is 0 Å². The molecule has 0 aliphatic heterocycles. The molecular weight excluding hydrogens is 148 g/mol. The van der Waals surface area contributed by atoms with E-state index in [1.54, 1.807) is 6.92 Å². The zero-order valence-electron chi connectivity index (χ0n) is 8.68. The average molecular weight is 168 g/mol. The third-order valence-corrected chi connectivity index (χ3v) is 2.52. The number of allylic oxidation sites excluding steroid dienone is 1. The molecular formula is C11H20O. The van der Waals surface area contributed by atoms with Gasteiger partial charge in [0, 0.05) is 5.92 Å². The molecule has 2 unspecified atom stereocenters. The monoisotopic (exact) mass is 168 g/mol. The van der Waals surface area contributed by atoms with E-state index >= 15 is 0 Å². The van der Waals surface area contributed by atoms with Crippen molar-refractivity contribution in [2.75, 3.05) is 0 Å². The fraction of sp³-hybridized carbons (Fsp3) is 0.727. The Balaban J connectivity index is 4.02. The lowest BCUT2D eigenvalue weighted by Gasteiger charge is -2.17. The minimum Gasteiger partial charge on any atom is -0.300 e. The normalized spacial score (nSPS) is 15.3. The van der Waals surface area contributed by atoms with Gasteiger partial charge >= 0.3 is 0 Å². The van der Waals surface area contributed by atoms with Crippen molar-refractivity contribution in [3.8, 4) is 0 Å². The highest BCUT2D eigenvalue weighted by molar-refractivity contribution is 5.77. The molecule has 0 heterocycles. The van der Waals surface area contributed by atoms with Gasteiger partial charge in [-0.3, -0.25) is 4.79 Å². The first kappa shape index (κ1) is 11.4. The van der Waals surface area contributed by atoms with Crippen LogP contribution in [-0.2, 0) is 4.79 Å². The predicted molar refractivity (Wildman–Crippen MR) is 53.1 cm³/mol. The fourth-order valence-corrected chi connectivity index (χ4v) is 1.31. The summed E-state index contributed by atoms with van der Waals surface area (Å²) >= 11 is 0. The van der Waals surface area contributed by atoms with E-state index < -0.39 is 0 Å². The summed E-state index contributed by atoms with van der Waals surface area (Å²) in [7, 11) is 0. The summed E-state index contributed by atoms with van der Waals surface area (Å²) in [5.74, 6) is 0.991. The molecule has 0 rings (SSSR count). The lowest BCUT2D eigenvalue weighted by Crippen LogP contribution is -2.12. The van der Waals surface area contributed by atoms with Crippen LogP contribution in [0.15, 0.2) is 12.2 Å². The first-order valence-electron chi connectivity index (χ1n) is 4.64. The number of hydrogen-bond donors (Lipinski definition) is 0. The summed E-state index contributed by atoms with van der Waals surface area (Å²) in [6, 6.07) is 0. The van der Waals surface area contributed by atoms with Gasteiger partial charge in [0.05, 0.1) is 0 Å². The second-order valence-electron chi connectivity index (χ2n) is 3.70. The zero-order valence-corrected chi connectivity index (χ0v) is 8.68. The van der Waals surface area contributed by atoms with Crippen molar-refractivity contribution in [1.82, 2.24) is 0 Å². The number of Topliss-reactive ketones (excluding diaryl/α,β-unsaturated/α-hetero) is 1. The van der Waals surface area contributed by atoms with Crippen LogP contribution in [-0.4, -0.2) is 5.78 Å². The maximum absolute atomic E-state index is 11.0. The second-order valence-corrected chi connectivity index (χ2v) is 3.70. The highest BCUT2D eigenvalue weighted by atomic mass is 16.1. The van der Waals surface area contributed by atoms with E-state index in [-0.39, 0.29) is 11.7 Å². The molecule has 0 N–H and O–H groups in total. The van der Waals surface area contributed by atoms with Crippen molar-refractivity contribution in [2.24, 2.45) is 11.8 Å². The van der Waals surface area contributed by atoms with Crippen molar-refractivity contribution in [1.29, 1.82) is 0 Å². The van der Waals surface area contributed by atoms with Crippen LogP contribution >= 0.6 is 0 Å². The predicted octanol–water partition coefficient (Wildman–Crippen LogP) is 3.20. The number of hydrogen-bond acceptors (Lipinski definition) is 1. The van der Waals surface area contributed by atoms with Crippen molar-refractivity contribution in [2.45, 2.75) is 40.5 Å². The summed E-state index contributed by atoms with van der Waals surface area (Å²) in [6.45, 7) is 11.8. The molecule has 0 bridgehead atoms. The van der Waals surface area contributed by atoms with E-state index in [1.165, 1.54) is 5.57 Å². The molecule has 0 aromatic rings. The average Bonchev–Trinajstić information content (AvgIpc) is 1.98. The molecule has 0 spiro atoms. The smallest absolute Gasteiger partial charge is 0.132 e. The van der Waals surface area contributed by atoms with Gasteiger partial charge in [0.25, 0.3) is 0 Å². The van der Waals surface area contributed by atoms with Crippen LogP contribution in [0.5, 0.6) is 0 Å². The molecule has 0 saturated heterocycles. The second kappa shape index (κ2) is 5.13. The zero-order chi connectivity index (χ0) is 9.72. The fourth-order valence-electron chi connectivity index (χ4n) is 1.31. The Labute approximate surface area is 75.9 Å². The van der Waals surface area contributed by atoms with Crippen molar-refractivity contribution in [3.63, 3.8) is 0 Å². The van der Waals surface area contributed by atoms with Crippen LogP contribution in [0.4, 0.5) is 0 Å². The molecule has 0 aliphatic carbocycles. The molecule has 0 fully saturated rings. The summed E-state index contributed by atoms with van der Waals surface area (Å²) in [5.41, 5.74) is 1.20. The Kier molecular flexibility index (Phi) is 4.87. The Morgan fingerprint density at radius 2 is 1.92 bits per heavy atom. The molecule has 70 valence electrons. The Morgan fingerprint density at radius 1 is 1.42 bits per heavy atom. The summed E-state index contributed by atoms with van der Waals surface area (Å²) in [6.07, 6.45) is 2.05. The van der Waals surface area contributed by atoms with Crippen LogP contribution in [0.25, 0.3) is 0 Å². The summed E-state index contributed by atoms with van der Waals surface area (Å²) in [4.78, 5) is 11.0. The molecule has 0 amide bonds. The van der Waals surface area contributed by atoms with Crippen LogP contribution in [0, 0.1) is 11.8 Å². The van der Waals surface area contributed by atoms with E-state index in [2.05, 4.69) is 13.5 Å². The van der Waals surface area contributed by atoms with Crippen LogP contribution < -0.4 is 0 Å². The quantitative estimate of drug-likeness (QED) is 0.576. The van der Waals surface area contributed by atoms with E-state index in [4.69, 9.17) is 0 Å². The lowest BCUT2D eigenvalue weighted by molar-refractivity contribution is -0.120. The van der Waals surface area contributed by atoms with Crippen molar-refractivity contribution >= 4 is 5.78 Å². The van der Waals surface area contributed by atoms with Gasteiger partial charge in [-0.1, -0.05) is 26.0 Å². The largest absolute Gasteiger partial charge is 0.300 e. The van der Waals surface area contributed by atoms with Gasteiger partial charge in [0.15, 0.2) is 0 Å². The van der Waals surface area contributed by atoms with Crippen LogP contribution in [0.1, 0.15) is 40.5 Å². The molecule has 12 heavy (non-hydrogen) atoms. The summed E-state index contributed by atoms with van der Waals surface area (Å²) in [5, 5.41) is 0. The molecule has 0 saturated carbocycles. The lowest BCUT2D eigenvalue weighted by atomic mass is 9.87. The highest BCUT2D eigenvalue weighted by Gasteiger charge is 2.14. The van der Waals surface area contributed by atoms with E-state index in [0.29, 0.717) is 5.92 Å². The Bertz CT molecular complexity index is 170. The molecule has 2 atom stereocenters. The standard InChI is InChI=1S/C11H20O/c1-6-11(8(2)3)7-9(4)10(5)12/h9,11H,2,6-7H2,1,3-5H3. The third kappa shape index (κ3) is 3.70. The highest BCUT2D eigenvalue weighted by Crippen LogP contribution is 2.22. The number of ketones is 1. The molecule has 1 heteroatoms. The van der Waals surface area contributed by atoms with Gasteiger partial charge in [-0.25, -0.2) is 0 Å². The maximum atomic E-state index is 11.0. The summed E-state index contributed by atoms with van der Waals surface area (Å²) < 4.78 is 0. The van der Waals surface area contributed by atoms with Gasteiger partial charge < -0.3 is 0 Å². The van der Waals surface area contributed by atoms with E-state index in [9.17, 15) is 4.79 Å². The maximum Gasteiger partial charge on any atom is 0.132 e. The number of carbonyl (C=O) groups excluding carboxylic acids is 1. The minimum absolute atomic E-state index is 0.187. The van der Waals surface area contributed by atoms with Gasteiger partial charge in [-0.15, -0.1) is 0 Å². The van der Waals surface area contributed by atoms with E-state index in [1.807, 2.05) is 13.8 Å². The molecule has 1 nitrogen and oxygen atoms in total. The molecule has 0 aliphatic rings. The van der Waals surface area contributed by atoms with Crippen LogP contribution in [0.2, 0.25) is 0 Å². The molecule has 0 aromatic heterocycles. The van der Waals surface area contributed by atoms with Gasteiger partial charge in [-0.05, 0) is 32.6 Å². The Hall–Kier alpha value is -0.590. The first-order chi connectivity index (χ1) is 5.49. The van der Waals surface area contributed by atoms with Crippen molar-refractivity contribution in [3.05, 3.63) is 12.2 Å². The minimum atomic E-state index is 0.187. The number of carbonyl (C=O) groups is 1. The van der Waals surface area contributed by atoms with Crippen LogP contribution in [0.3, 0.4) is 0 Å². The van der Waals surface area contributed by atoms with Crippen molar-refractivity contribution < 1.29 is 4.79 Å².